The summed E-state index contributed by atoms with van der Waals surface area (Å²) in [6.45, 7) is 4.14. The van der Waals surface area contributed by atoms with Gasteiger partial charge in [-0.1, -0.05) is 18.5 Å². The van der Waals surface area contributed by atoms with Crippen LogP contribution in [0, 0.1) is 0 Å². The number of hydrogen-bond donors (Lipinski definition) is 2. The van der Waals surface area contributed by atoms with Crippen molar-refractivity contribution in [1.82, 2.24) is 5.32 Å². The van der Waals surface area contributed by atoms with Crippen molar-refractivity contribution >= 4 is 11.6 Å². The molecule has 0 fully saturated rings. The molecule has 0 aliphatic carbocycles. The van der Waals surface area contributed by atoms with E-state index in [-0.39, 0.29) is 18.7 Å². The summed E-state index contributed by atoms with van der Waals surface area (Å²) in [5.74, 6) is 1.30. The molecule has 1 aromatic carbocycles. The normalized spacial score (nSPS) is 14.0. The molecule has 19 heavy (non-hydrogen) atoms. The summed E-state index contributed by atoms with van der Waals surface area (Å²) < 4.78 is 10.5. The average molecular weight is 288 g/mol. The number of aliphatic hydroxyl groups is 1. The fourth-order valence-corrected chi connectivity index (χ4v) is 2.21. The van der Waals surface area contributed by atoms with E-state index in [0.29, 0.717) is 16.5 Å². The summed E-state index contributed by atoms with van der Waals surface area (Å²) >= 11 is 6.15. The van der Waals surface area contributed by atoms with Gasteiger partial charge in [-0.25, -0.2) is 0 Å². The number of ether oxygens (including phenoxy) is 2. The molecular formula is C14H22ClNO3. The lowest BCUT2D eigenvalue weighted by Crippen LogP contribution is -2.34. The number of nitrogens with one attached hydrogen (secondary N) is 1. The fourth-order valence-electron chi connectivity index (χ4n) is 1.96. The first kappa shape index (κ1) is 16.1. The van der Waals surface area contributed by atoms with Crippen LogP contribution in [-0.4, -0.2) is 32.0 Å². The highest BCUT2D eigenvalue weighted by Crippen LogP contribution is 2.35. The van der Waals surface area contributed by atoms with E-state index in [9.17, 15) is 5.11 Å². The van der Waals surface area contributed by atoms with E-state index in [1.54, 1.807) is 20.3 Å². The number of methoxy groups -OCH3 is 2. The first-order valence-electron chi connectivity index (χ1n) is 6.35. The van der Waals surface area contributed by atoms with Crippen molar-refractivity contribution in [2.24, 2.45) is 0 Å². The first-order valence-corrected chi connectivity index (χ1v) is 6.73. The summed E-state index contributed by atoms with van der Waals surface area (Å²) in [6, 6.07) is 3.69. The quantitative estimate of drug-likeness (QED) is 0.810. The second kappa shape index (κ2) is 7.58. The van der Waals surface area contributed by atoms with Crippen LogP contribution in [0.2, 0.25) is 5.02 Å². The highest BCUT2D eigenvalue weighted by Gasteiger charge is 2.17. The van der Waals surface area contributed by atoms with Crippen LogP contribution in [0.5, 0.6) is 11.5 Å². The lowest BCUT2D eigenvalue weighted by molar-refractivity contribution is 0.229. The minimum atomic E-state index is 0.0236. The Morgan fingerprint density at radius 3 is 2.37 bits per heavy atom. The molecule has 0 bridgehead atoms. The topological polar surface area (TPSA) is 50.7 Å². The summed E-state index contributed by atoms with van der Waals surface area (Å²) in [5, 5.41) is 13.1. The fraction of sp³-hybridized carbons (Fsp3) is 0.571. The Morgan fingerprint density at radius 1 is 1.26 bits per heavy atom. The zero-order valence-corrected chi connectivity index (χ0v) is 12.6. The molecule has 0 amide bonds. The summed E-state index contributed by atoms with van der Waals surface area (Å²) in [7, 11) is 3.18. The molecule has 4 nitrogen and oxygen atoms in total. The number of rotatable bonds is 7. The van der Waals surface area contributed by atoms with Gasteiger partial charge in [0.1, 0.15) is 11.5 Å². The summed E-state index contributed by atoms with van der Waals surface area (Å²) in [5.41, 5.74) is 0.945. The van der Waals surface area contributed by atoms with Gasteiger partial charge in [-0.3, -0.25) is 0 Å². The van der Waals surface area contributed by atoms with Crippen LogP contribution < -0.4 is 14.8 Å². The number of hydrogen-bond acceptors (Lipinski definition) is 4. The second-order valence-corrected chi connectivity index (χ2v) is 4.81. The standard InChI is InChI=1S/C14H22ClNO3/c1-5-10(8-17)16-9(2)11-6-12(15)14(19-4)7-13(11)18-3/h6-7,9-10,16-17H,5,8H2,1-4H3. The van der Waals surface area contributed by atoms with Crippen molar-refractivity contribution in [3.8, 4) is 11.5 Å². The Hall–Kier alpha value is -0.970. The summed E-state index contributed by atoms with van der Waals surface area (Å²) in [6.07, 6.45) is 0.854. The van der Waals surface area contributed by atoms with E-state index >= 15 is 0 Å². The van der Waals surface area contributed by atoms with Crippen molar-refractivity contribution in [2.75, 3.05) is 20.8 Å². The van der Waals surface area contributed by atoms with Gasteiger partial charge in [-0.15, -0.1) is 0 Å². The summed E-state index contributed by atoms with van der Waals surface area (Å²) in [4.78, 5) is 0. The average Bonchev–Trinajstić information content (AvgIpc) is 2.44. The van der Waals surface area contributed by atoms with E-state index in [2.05, 4.69) is 5.32 Å². The molecule has 0 spiro atoms. The van der Waals surface area contributed by atoms with Gasteiger partial charge in [0.2, 0.25) is 0 Å². The van der Waals surface area contributed by atoms with Gasteiger partial charge in [-0.05, 0) is 19.4 Å². The maximum absolute atomic E-state index is 9.25. The van der Waals surface area contributed by atoms with Gasteiger partial charge in [0.25, 0.3) is 0 Å². The second-order valence-electron chi connectivity index (χ2n) is 4.40. The van der Waals surface area contributed by atoms with Crippen LogP contribution >= 0.6 is 11.6 Å². The maximum atomic E-state index is 9.25. The van der Waals surface area contributed by atoms with Gasteiger partial charge in [0.05, 0.1) is 25.8 Å². The van der Waals surface area contributed by atoms with Gasteiger partial charge in [0.15, 0.2) is 0 Å². The van der Waals surface area contributed by atoms with Gasteiger partial charge < -0.3 is 19.9 Å². The molecular weight excluding hydrogens is 266 g/mol. The van der Waals surface area contributed by atoms with Gasteiger partial charge >= 0.3 is 0 Å². The third-order valence-electron chi connectivity index (χ3n) is 3.17. The van der Waals surface area contributed by atoms with Crippen LogP contribution in [0.15, 0.2) is 12.1 Å². The molecule has 5 heteroatoms. The Morgan fingerprint density at radius 2 is 1.89 bits per heavy atom. The van der Waals surface area contributed by atoms with Crippen LogP contribution in [0.3, 0.4) is 0 Å². The van der Waals surface area contributed by atoms with Crippen molar-refractivity contribution in [1.29, 1.82) is 0 Å². The highest BCUT2D eigenvalue weighted by molar-refractivity contribution is 6.32. The van der Waals surface area contributed by atoms with Crippen molar-refractivity contribution < 1.29 is 14.6 Å². The van der Waals surface area contributed by atoms with Crippen LogP contribution in [0.1, 0.15) is 31.9 Å². The zero-order valence-electron chi connectivity index (χ0n) is 11.9. The number of aliphatic hydroxyl groups excluding tert-OH is 1. The van der Waals surface area contributed by atoms with Crippen molar-refractivity contribution in [3.05, 3.63) is 22.7 Å². The molecule has 2 unspecified atom stereocenters. The SMILES string of the molecule is CCC(CO)NC(C)c1cc(Cl)c(OC)cc1OC. The van der Waals surface area contributed by atoms with Crippen LogP contribution in [0.4, 0.5) is 0 Å². The molecule has 108 valence electrons. The van der Waals surface area contributed by atoms with Crippen molar-refractivity contribution in [3.63, 3.8) is 0 Å². The third kappa shape index (κ3) is 4.00. The smallest absolute Gasteiger partial charge is 0.141 e. The maximum Gasteiger partial charge on any atom is 0.141 e. The number of benzene rings is 1. The van der Waals surface area contributed by atoms with E-state index in [1.165, 1.54) is 0 Å². The molecule has 2 atom stereocenters. The first-order chi connectivity index (χ1) is 9.07. The molecule has 2 N–H and O–H groups in total. The number of halogens is 1. The monoisotopic (exact) mass is 287 g/mol. The Bertz CT molecular complexity index is 408. The van der Waals surface area contributed by atoms with Crippen LogP contribution in [-0.2, 0) is 0 Å². The molecule has 1 rings (SSSR count). The lowest BCUT2D eigenvalue weighted by Gasteiger charge is -2.23. The minimum absolute atomic E-state index is 0.0236. The molecule has 1 aromatic rings. The van der Waals surface area contributed by atoms with E-state index in [0.717, 1.165) is 12.0 Å². The molecule has 0 radical (unpaired) electrons. The van der Waals surface area contributed by atoms with Crippen molar-refractivity contribution in [2.45, 2.75) is 32.4 Å². The highest BCUT2D eigenvalue weighted by atomic mass is 35.5. The predicted molar refractivity (Wildman–Crippen MR) is 77.3 cm³/mol. The van der Waals surface area contributed by atoms with E-state index in [4.69, 9.17) is 21.1 Å². The molecule has 0 saturated heterocycles. The molecule has 0 aliphatic rings. The van der Waals surface area contributed by atoms with Crippen LogP contribution in [0.25, 0.3) is 0 Å². The largest absolute Gasteiger partial charge is 0.496 e. The zero-order chi connectivity index (χ0) is 14.4. The van der Waals surface area contributed by atoms with E-state index < -0.39 is 0 Å². The molecule has 0 aromatic heterocycles. The molecule has 0 saturated carbocycles. The Kier molecular flexibility index (Phi) is 6.42. The third-order valence-corrected chi connectivity index (χ3v) is 3.46. The Labute approximate surface area is 119 Å². The lowest BCUT2D eigenvalue weighted by atomic mass is 10.1. The van der Waals surface area contributed by atoms with Gasteiger partial charge in [-0.2, -0.15) is 0 Å². The minimum Gasteiger partial charge on any atom is -0.496 e. The molecule has 0 heterocycles. The Balaban J connectivity index is 3.01. The van der Waals surface area contributed by atoms with E-state index in [1.807, 2.05) is 19.9 Å². The molecule has 0 aliphatic heterocycles. The van der Waals surface area contributed by atoms with Gasteiger partial charge in [0, 0.05) is 23.7 Å². The predicted octanol–water partition coefficient (Wildman–Crippen LogP) is 2.78.